The highest BCUT2D eigenvalue weighted by Gasteiger charge is 2.17. The van der Waals surface area contributed by atoms with Crippen molar-refractivity contribution < 1.29 is 15.0 Å². The van der Waals surface area contributed by atoms with Gasteiger partial charge in [0.15, 0.2) is 5.82 Å². The first-order valence-electron chi connectivity index (χ1n) is 4.63. The molecule has 0 unspecified atom stereocenters. The predicted molar refractivity (Wildman–Crippen MR) is 63.8 cm³/mol. The Labute approximate surface area is 105 Å². The third-order valence-corrected chi connectivity index (χ3v) is 2.53. The number of aromatic hydroxyl groups is 1. The summed E-state index contributed by atoms with van der Waals surface area (Å²) in [6.45, 7) is 0. The Hall–Kier alpha value is -1.95. The number of hydrogen-bond donors (Lipinski definition) is 2. The summed E-state index contributed by atoms with van der Waals surface area (Å²) in [6, 6.07) is 4.40. The standard InChI is InChI=1S/C11H7BrN2O3/c12-6-4-13-10(14-5-6)7-2-1-3-8(15)9(7)11(16)17/h1-5,15H,(H,16,17). The maximum atomic E-state index is 11.1. The fourth-order valence-electron chi connectivity index (χ4n) is 1.40. The lowest BCUT2D eigenvalue weighted by Gasteiger charge is -2.06. The summed E-state index contributed by atoms with van der Waals surface area (Å²) in [5.74, 6) is -1.27. The van der Waals surface area contributed by atoms with E-state index in [0.717, 1.165) is 0 Å². The van der Waals surface area contributed by atoms with E-state index >= 15 is 0 Å². The number of phenols is 1. The van der Waals surface area contributed by atoms with Crippen molar-refractivity contribution in [2.24, 2.45) is 0 Å². The molecule has 1 heterocycles. The number of hydrogen-bond acceptors (Lipinski definition) is 4. The molecule has 0 aliphatic heterocycles. The Balaban J connectivity index is 2.63. The molecule has 17 heavy (non-hydrogen) atoms. The summed E-state index contributed by atoms with van der Waals surface area (Å²) in [4.78, 5) is 19.1. The molecule has 0 amide bonds. The first-order valence-corrected chi connectivity index (χ1v) is 5.42. The van der Waals surface area contributed by atoms with Crippen molar-refractivity contribution in [3.8, 4) is 17.1 Å². The quantitative estimate of drug-likeness (QED) is 0.888. The Bertz CT molecular complexity index is 569. The fourth-order valence-corrected chi connectivity index (χ4v) is 1.61. The van der Waals surface area contributed by atoms with Crippen LogP contribution >= 0.6 is 15.9 Å². The van der Waals surface area contributed by atoms with Crippen molar-refractivity contribution in [2.75, 3.05) is 0 Å². The van der Waals surface area contributed by atoms with Gasteiger partial charge in [0.2, 0.25) is 0 Å². The molecule has 0 bridgehead atoms. The molecule has 86 valence electrons. The third kappa shape index (κ3) is 2.26. The highest BCUT2D eigenvalue weighted by atomic mass is 79.9. The van der Waals surface area contributed by atoms with Gasteiger partial charge < -0.3 is 10.2 Å². The lowest BCUT2D eigenvalue weighted by molar-refractivity contribution is 0.0694. The fraction of sp³-hybridized carbons (Fsp3) is 0. The topological polar surface area (TPSA) is 83.3 Å². The predicted octanol–water partition coefficient (Wildman–Crippen LogP) is 2.31. The van der Waals surface area contributed by atoms with Crippen LogP contribution in [0.25, 0.3) is 11.4 Å². The summed E-state index contributed by atoms with van der Waals surface area (Å²) < 4.78 is 0.693. The molecule has 0 aliphatic rings. The molecule has 0 saturated carbocycles. The number of benzene rings is 1. The molecule has 5 nitrogen and oxygen atoms in total. The van der Waals surface area contributed by atoms with Crippen molar-refractivity contribution in [3.63, 3.8) is 0 Å². The number of halogens is 1. The maximum Gasteiger partial charge on any atom is 0.340 e. The number of aromatic carboxylic acids is 1. The smallest absolute Gasteiger partial charge is 0.340 e. The van der Waals surface area contributed by atoms with Crippen molar-refractivity contribution >= 4 is 21.9 Å². The minimum atomic E-state index is -1.22. The number of nitrogens with zero attached hydrogens (tertiary/aromatic N) is 2. The molecule has 0 aliphatic carbocycles. The average molecular weight is 295 g/mol. The summed E-state index contributed by atoms with van der Waals surface area (Å²) >= 11 is 3.19. The normalized spacial score (nSPS) is 10.2. The van der Waals surface area contributed by atoms with E-state index in [4.69, 9.17) is 5.11 Å². The van der Waals surface area contributed by atoms with Crippen LogP contribution in [0, 0.1) is 0 Å². The van der Waals surface area contributed by atoms with Gasteiger partial charge in [0.25, 0.3) is 0 Å². The summed E-state index contributed by atoms with van der Waals surface area (Å²) in [6.07, 6.45) is 3.02. The molecular formula is C11H7BrN2O3. The average Bonchev–Trinajstić information content (AvgIpc) is 2.29. The second-order valence-electron chi connectivity index (χ2n) is 3.23. The minimum Gasteiger partial charge on any atom is -0.507 e. The zero-order valence-electron chi connectivity index (χ0n) is 8.46. The maximum absolute atomic E-state index is 11.1. The molecule has 0 saturated heterocycles. The van der Waals surface area contributed by atoms with E-state index in [1.54, 1.807) is 12.1 Å². The molecule has 0 spiro atoms. The van der Waals surface area contributed by atoms with Gasteiger partial charge in [-0.15, -0.1) is 0 Å². The van der Waals surface area contributed by atoms with E-state index < -0.39 is 5.97 Å². The Kier molecular flexibility index (Phi) is 3.06. The lowest BCUT2D eigenvalue weighted by Crippen LogP contribution is -2.02. The van der Waals surface area contributed by atoms with Crippen LogP contribution in [-0.4, -0.2) is 26.2 Å². The summed E-state index contributed by atoms with van der Waals surface area (Å²) in [5, 5.41) is 18.6. The second-order valence-corrected chi connectivity index (χ2v) is 4.15. The van der Waals surface area contributed by atoms with Gasteiger partial charge >= 0.3 is 5.97 Å². The SMILES string of the molecule is O=C(O)c1c(O)cccc1-c1ncc(Br)cn1. The molecule has 2 rings (SSSR count). The third-order valence-electron chi connectivity index (χ3n) is 2.12. The molecular weight excluding hydrogens is 288 g/mol. The monoisotopic (exact) mass is 294 g/mol. The van der Waals surface area contributed by atoms with Gasteiger partial charge in [-0.25, -0.2) is 14.8 Å². The van der Waals surface area contributed by atoms with Crippen LogP contribution in [0.5, 0.6) is 5.75 Å². The largest absolute Gasteiger partial charge is 0.507 e. The lowest BCUT2D eigenvalue weighted by atomic mass is 10.1. The molecule has 0 atom stereocenters. The van der Waals surface area contributed by atoms with Gasteiger partial charge in [0.05, 0.1) is 4.47 Å². The number of carboxylic acid groups (broad SMARTS) is 1. The van der Waals surface area contributed by atoms with Crippen LogP contribution in [0.3, 0.4) is 0 Å². The van der Waals surface area contributed by atoms with E-state index in [1.165, 1.54) is 18.5 Å². The molecule has 6 heteroatoms. The van der Waals surface area contributed by atoms with Crippen molar-refractivity contribution in [2.45, 2.75) is 0 Å². The van der Waals surface area contributed by atoms with E-state index in [-0.39, 0.29) is 22.7 Å². The van der Waals surface area contributed by atoms with E-state index in [0.29, 0.717) is 4.47 Å². The molecule has 1 aromatic heterocycles. The van der Waals surface area contributed by atoms with E-state index in [9.17, 15) is 9.90 Å². The van der Waals surface area contributed by atoms with Crippen molar-refractivity contribution in [1.29, 1.82) is 0 Å². The number of carbonyl (C=O) groups is 1. The van der Waals surface area contributed by atoms with Gasteiger partial charge in [-0.1, -0.05) is 12.1 Å². The van der Waals surface area contributed by atoms with Gasteiger partial charge in [-0.05, 0) is 22.0 Å². The van der Waals surface area contributed by atoms with Crippen LogP contribution in [0.1, 0.15) is 10.4 Å². The van der Waals surface area contributed by atoms with Gasteiger partial charge in [-0.3, -0.25) is 0 Å². The van der Waals surface area contributed by atoms with Crippen LogP contribution in [0.15, 0.2) is 35.1 Å². The molecule has 1 aromatic carbocycles. The Morgan fingerprint density at radius 2 is 1.88 bits per heavy atom. The van der Waals surface area contributed by atoms with E-state index in [2.05, 4.69) is 25.9 Å². The summed E-state index contributed by atoms with van der Waals surface area (Å²) in [7, 11) is 0. The molecule has 2 aromatic rings. The van der Waals surface area contributed by atoms with Gasteiger partial charge in [-0.2, -0.15) is 0 Å². The van der Waals surface area contributed by atoms with Gasteiger partial charge in [0.1, 0.15) is 11.3 Å². The Morgan fingerprint density at radius 1 is 1.24 bits per heavy atom. The van der Waals surface area contributed by atoms with Crippen LogP contribution in [-0.2, 0) is 0 Å². The van der Waals surface area contributed by atoms with Crippen LogP contribution < -0.4 is 0 Å². The zero-order chi connectivity index (χ0) is 12.4. The molecule has 0 radical (unpaired) electrons. The number of carboxylic acids is 1. The minimum absolute atomic E-state index is 0.199. The van der Waals surface area contributed by atoms with E-state index in [1.807, 2.05) is 0 Å². The summed E-state index contributed by atoms with van der Waals surface area (Å²) in [5.41, 5.74) is 0.0832. The van der Waals surface area contributed by atoms with Crippen molar-refractivity contribution in [1.82, 2.24) is 9.97 Å². The zero-order valence-corrected chi connectivity index (χ0v) is 10.0. The number of rotatable bonds is 2. The molecule has 2 N–H and O–H groups in total. The first kappa shape index (κ1) is 11.5. The van der Waals surface area contributed by atoms with Gasteiger partial charge in [0, 0.05) is 18.0 Å². The van der Waals surface area contributed by atoms with Crippen LogP contribution in [0.4, 0.5) is 0 Å². The van der Waals surface area contributed by atoms with Crippen molar-refractivity contribution in [3.05, 3.63) is 40.6 Å². The second kappa shape index (κ2) is 4.50. The Morgan fingerprint density at radius 3 is 2.47 bits per heavy atom. The van der Waals surface area contributed by atoms with Crippen LogP contribution in [0.2, 0.25) is 0 Å². The first-order chi connectivity index (χ1) is 8.09. The number of aromatic nitrogens is 2. The molecule has 0 fully saturated rings. The highest BCUT2D eigenvalue weighted by molar-refractivity contribution is 9.10. The highest BCUT2D eigenvalue weighted by Crippen LogP contribution is 2.27.